The van der Waals surface area contributed by atoms with Crippen molar-refractivity contribution in [3.05, 3.63) is 28.4 Å². The van der Waals surface area contributed by atoms with Gasteiger partial charge in [-0.1, -0.05) is 6.42 Å². The third-order valence-corrected chi connectivity index (χ3v) is 5.18. The minimum atomic E-state index is -0.0933. The summed E-state index contributed by atoms with van der Waals surface area (Å²) in [5, 5.41) is 0. The van der Waals surface area contributed by atoms with E-state index in [0.29, 0.717) is 0 Å². The largest absolute Gasteiger partial charge is 0.323 e. The van der Waals surface area contributed by atoms with Gasteiger partial charge >= 0.3 is 0 Å². The summed E-state index contributed by atoms with van der Waals surface area (Å²) in [7, 11) is 0. The van der Waals surface area contributed by atoms with Gasteiger partial charge in [0.2, 0.25) is 0 Å². The SMILES string of the molecule is O=c1cncc(CCCN2CCCC3(CCC3)CC2)[nH]1. The van der Waals surface area contributed by atoms with Crippen molar-refractivity contribution in [3.63, 3.8) is 0 Å². The Labute approximate surface area is 120 Å². The summed E-state index contributed by atoms with van der Waals surface area (Å²) in [6, 6.07) is 0. The van der Waals surface area contributed by atoms with Crippen LogP contribution in [0.1, 0.15) is 50.6 Å². The molecule has 1 saturated carbocycles. The second-order valence-corrected chi connectivity index (χ2v) is 6.57. The van der Waals surface area contributed by atoms with Crippen LogP contribution in [0.4, 0.5) is 0 Å². The Balaban J connectivity index is 1.43. The number of rotatable bonds is 4. The molecule has 2 heterocycles. The fraction of sp³-hybridized carbons (Fsp3) is 0.750. The smallest absolute Gasteiger partial charge is 0.266 e. The highest BCUT2D eigenvalue weighted by atomic mass is 16.1. The van der Waals surface area contributed by atoms with Crippen molar-refractivity contribution in [1.29, 1.82) is 0 Å². The fourth-order valence-corrected chi connectivity index (χ4v) is 3.75. The molecule has 1 aliphatic carbocycles. The van der Waals surface area contributed by atoms with Crippen molar-refractivity contribution in [2.75, 3.05) is 19.6 Å². The molecule has 4 nitrogen and oxygen atoms in total. The lowest BCUT2D eigenvalue weighted by atomic mass is 9.64. The number of hydrogen-bond donors (Lipinski definition) is 1. The summed E-state index contributed by atoms with van der Waals surface area (Å²) in [4.78, 5) is 20.6. The zero-order valence-corrected chi connectivity index (χ0v) is 12.2. The number of aromatic amines is 1. The second kappa shape index (κ2) is 6.08. The van der Waals surface area contributed by atoms with Crippen LogP contribution in [0.3, 0.4) is 0 Å². The lowest BCUT2D eigenvalue weighted by Crippen LogP contribution is -2.31. The summed E-state index contributed by atoms with van der Waals surface area (Å²) < 4.78 is 0. The topological polar surface area (TPSA) is 49.0 Å². The van der Waals surface area contributed by atoms with E-state index in [1.54, 1.807) is 6.20 Å². The van der Waals surface area contributed by atoms with Gasteiger partial charge < -0.3 is 9.88 Å². The standard InChI is InChI=1S/C16H25N3O/c20-15-13-17-12-14(18-15)4-1-9-19-10-3-7-16(8-11-19)5-2-6-16/h12-13H,1-11H2,(H,18,20). The van der Waals surface area contributed by atoms with E-state index in [9.17, 15) is 4.79 Å². The molecule has 3 rings (SSSR count). The van der Waals surface area contributed by atoms with Crippen LogP contribution >= 0.6 is 0 Å². The molecule has 0 aromatic carbocycles. The Morgan fingerprint density at radius 3 is 2.75 bits per heavy atom. The predicted octanol–water partition coefficient (Wildman–Crippen LogP) is 2.36. The molecule has 0 unspecified atom stereocenters. The molecular formula is C16H25N3O. The van der Waals surface area contributed by atoms with Crippen molar-refractivity contribution in [2.24, 2.45) is 5.41 Å². The Kier molecular flexibility index (Phi) is 4.20. The molecule has 2 fully saturated rings. The van der Waals surface area contributed by atoms with Crippen LogP contribution < -0.4 is 5.56 Å². The van der Waals surface area contributed by atoms with Crippen LogP contribution in [-0.4, -0.2) is 34.5 Å². The molecule has 0 atom stereocenters. The van der Waals surface area contributed by atoms with Gasteiger partial charge in [0.15, 0.2) is 0 Å². The van der Waals surface area contributed by atoms with Crippen molar-refractivity contribution in [1.82, 2.24) is 14.9 Å². The van der Waals surface area contributed by atoms with Gasteiger partial charge in [0.05, 0.1) is 6.20 Å². The molecule has 110 valence electrons. The molecular weight excluding hydrogens is 250 g/mol. The van der Waals surface area contributed by atoms with Crippen LogP contribution in [0, 0.1) is 5.41 Å². The molecule has 0 bridgehead atoms. The van der Waals surface area contributed by atoms with Gasteiger partial charge in [-0.25, -0.2) is 0 Å². The first-order chi connectivity index (χ1) is 9.76. The normalized spacial score (nSPS) is 22.4. The molecule has 0 radical (unpaired) electrons. The monoisotopic (exact) mass is 275 g/mol. The van der Waals surface area contributed by atoms with E-state index in [1.807, 2.05) is 0 Å². The van der Waals surface area contributed by atoms with E-state index in [2.05, 4.69) is 14.9 Å². The third kappa shape index (κ3) is 3.29. The summed E-state index contributed by atoms with van der Waals surface area (Å²) >= 11 is 0. The number of likely N-dealkylation sites (tertiary alicyclic amines) is 1. The summed E-state index contributed by atoms with van der Waals surface area (Å²) in [5.74, 6) is 0. The van der Waals surface area contributed by atoms with Crippen molar-refractivity contribution in [2.45, 2.75) is 51.4 Å². The maximum Gasteiger partial charge on any atom is 0.266 e. The van der Waals surface area contributed by atoms with Crippen molar-refractivity contribution >= 4 is 0 Å². The molecule has 0 amide bonds. The first-order valence-electron chi connectivity index (χ1n) is 8.01. The average Bonchev–Trinajstić information content (AvgIpc) is 2.61. The molecule has 1 aromatic rings. The van der Waals surface area contributed by atoms with Gasteiger partial charge in [0.25, 0.3) is 5.56 Å². The molecule has 1 aliphatic heterocycles. The van der Waals surface area contributed by atoms with Gasteiger partial charge in [-0.15, -0.1) is 0 Å². The first-order valence-corrected chi connectivity index (χ1v) is 8.01. The molecule has 4 heteroatoms. The Hall–Kier alpha value is -1.16. The summed E-state index contributed by atoms with van der Waals surface area (Å²) in [6.07, 6.45) is 13.7. The van der Waals surface area contributed by atoms with Crippen LogP contribution in [0.2, 0.25) is 0 Å². The quantitative estimate of drug-likeness (QED) is 0.917. The third-order valence-electron chi connectivity index (χ3n) is 5.18. The average molecular weight is 275 g/mol. The van der Waals surface area contributed by atoms with Crippen LogP contribution in [0.25, 0.3) is 0 Å². The Morgan fingerprint density at radius 2 is 2.00 bits per heavy atom. The Bertz CT molecular complexity index is 492. The van der Waals surface area contributed by atoms with E-state index in [-0.39, 0.29) is 5.56 Å². The van der Waals surface area contributed by atoms with Crippen molar-refractivity contribution in [3.8, 4) is 0 Å². The van der Waals surface area contributed by atoms with Crippen LogP contribution in [0.5, 0.6) is 0 Å². The number of H-pyrrole nitrogens is 1. The minimum absolute atomic E-state index is 0.0933. The Morgan fingerprint density at radius 1 is 1.15 bits per heavy atom. The molecule has 1 N–H and O–H groups in total. The van der Waals surface area contributed by atoms with E-state index in [0.717, 1.165) is 30.5 Å². The maximum absolute atomic E-state index is 11.2. The lowest BCUT2D eigenvalue weighted by Gasteiger charge is -2.41. The zero-order chi connectivity index (χ0) is 13.8. The van der Waals surface area contributed by atoms with E-state index >= 15 is 0 Å². The second-order valence-electron chi connectivity index (χ2n) is 6.57. The van der Waals surface area contributed by atoms with Gasteiger partial charge in [-0.05, 0) is 70.0 Å². The van der Waals surface area contributed by atoms with E-state index in [1.165, 1.54) is 57.8 Å². The number of hydrogen-bond acceptors (Lipinski definition) is 3. The van der Waals surface area contributed by atoms with E-state index < -0.39 is 0 Å². The molecule has 1 aromatic heterocycles. The van der Waals surface area contributed by atoms with Crippen LogP contribution in [-0.2, 0) is 6.42 Å². The summed E-state index contributed by atoms with van der Waals surface area (Å²) in [6.45, 7) is 3.67. The zero-order valence-electron chi connectivity index (χ0n) is 12.2. The van der Waals surface area contributed by atoms with Gasteiger partial charge in [-0.3, -0.25) is 9.78 Å². The van der Waals surface area contributed by atoms with Gasteiger partial charge in [-0.2, -0.15) is 0 Å². The highest BCUT2D eigenvalue weighted by Gasteiger charge is 2.37. The summed E-state index contributed by atoms with van der Waals surface area (Å²) in [5.41, 5.74) is 1.59. The minimum Gasteiger partial charge on any atom is -0.323 e. The van der Waals surface area contributed by atoms with E-state index in [4.69, 9.17) is 0 Å². The first kappa shape index (κ1) is 13.8. The number of aromatic nitrogens is 2. The highest BCUT2D eigenvalue weighted by Crippen LogP contribution is 2.48. The number of nitrogens with zero attached hydrogens (tertiary/aromatic N) is 2. The molecule has 20 heavy (non-hydrogen) atoms. The highest BCUT2D eigenvalue weighted by molar-refractivity contribution is 4.95. The molecule has 1 saturated heterocycles. The predicted molar refractivity (Wildman–Crippen MR) is 79.8 cm³/mol. The number of aryl methyl sites for hydroxylation is 1. The fourth-order valence-electron chi connectivity index (χ4n) is 3.75. The molecule has 1 spiro atoms. The lowest BCUT2D eigenvalue weighted by molar-refractivity contribution is 0.109. The molecule has 2 aliphatic rings. The number of nitrogens with one attached hydrogen (secondary N) is 1. The maximum atomic E-state index is 11.2. The van der Waals surface area contributed by atoms with Gasteiger partial charge in [0.1, 0.15) is 0 Å². The van der Waals surface area contributed by atoms with Crippen LogP contribution in [0.15, 0.2) is 17.2 Å². The van der Waals surface area contributed by atoms with Gasteiger partial charge in [0, 0.05) is 11.9 Å². The van der Waals surface area contributed by atoms with Crippen molar-refractivity contribution < 1.29 is 0 Å².